The van der Waals surface area contributed by atoms with Gasteiger partial charge in [0.2, 0.25) is 0 Å². The van der Waals surface area contributed by atoms with E-state index in [1.165, 1.54) is 0 Å². The Morgan fingerprint density at radius 1 is 1.79 bits per heavy atom. The summed E-state index contributed by atoms with van der Waals surface area (Å²) in [4.78, 5) is 10.5. The summed E-state index contributed by atoms with van der Waals surface area (Å²) in [5.74, 6) is -0.887. The van der Waals surface area contributed by atoms with E-state index in [0.29, 0.717) is 0 Å². The van der Waals surface area contributed by atoms with Gasteiger partial charge in [0.1, 0.15) is 0 Å². The first-order chi connectivity index (χ1) is 6.65. The number of nitrogens with zero attached hydrogens (tertiary/aromatic N) is 2. The summed E-state index contributed by atoms with van der Waals surface area (Å²) in [6, 6.07) is 1.30. The van der Waals surface area contributed by atoms with Crippen molar-refractivity contribution in [2.45, 2.75) is 32.4 Å². The Kier molecular flexibility index (Phi) is 3.64. The van der Waals surface area contributed by atoms with Crippen molar-refractivity contribution >= 4 is 5.97 Å². The van der Waals surface area contributed by atoms with Gasteiger partial charge in [-0.25, -0.2) is 0 Å². The predicted molar refractivity (Wildman–Crippen MR) is 51.7 cm³/mol. The SMILES string of the molecule is CCCn1nccc1[C@H](N)CC(=O)O. The van der Waals surface area contributed by atoms with Crippen LogP contribution < -0.4 is 5.73 Å². The van der Waals surface area contributed by atoms with Crippen LogP contribution >= 0.6 is 0 Å². The summed E-state index contributed by atoms with van der Waals surface area (Å²) in [5, 5.41) is 12.7. The average Bonchev–Trinajstić information content (AvgIpc) is 2.51. The van der Waals surface area contributed by atoms with Gasteiger partial charge in [-0.2, -0.15) is 5.10 Å². The standard InChI is InChI=1S/C9H15N3O2/c1-2-5-12-8(3-4-11-12)7(10)6-9(13)14/h3-4,7H,2,5-6,10H2,1H3,(H,13,14)/t7-/m1/s1. The number of carboxylic acid groups (broad SMARTS) is 1. The number of rotatable bonds is 5. The summed E-state index contributed by atoms with van der Waals surface area (Å²) in [6.45, 7) is 2.81. The Bertz CT molecular complexity index is 309. The number of hydrogen-bond donors (Lipinski definition) is 2. The van der Waals surface area contributed by atoms with E-state index >= 15 is 0 Å². The molecule has 0 fully saturated rings. The van der Waals surface area contributed by atoms with Crippen LogP contribution in [0.3, 0.4) is 0 Å². The average molecular weight is 197 g/mol. The second-order valence-corrected chi connectivity index (χ2v) is 3.18. The molecule has 0 bridgehead atoms. The Morgan fingerprint density at radius 3 is 3.07 bits per heavy atom. The van der Waals surface area contributed by atoms with Crippen LogP contribution in [0, 0.1) is 0 Å². The third kappa shape index (κ3) is 2.56. The highest BCUT2D eigenvalue weighted by atomic mass is 16.4. The van der Waals surface area contributed by atoms with Crippen molar-refractivity contribution in [3.63, 3.8) is 0 Å². The number of aryl methyl sites for hydroxylation is 1. The predicted octanol–water partition coefficient (Wildman–Crippen LogP) is 0.768. The van der Waals surface area contributed by atoms with Crippen LogP contribution in [0.15, 0.2) is 12.3 Å². The van der Waals surface area contributed by atoms with Crippen LogP contribution in [0.2, 0.25) is 0 Å². The molecule has 0 radical (unpaired) electrons. The molecule has 1 heterocycles. The van der Waals surface area contributed by atoms with Crippen molar-refractivity contribution in [2.75, 3.05) is 0 Å². The molecule has 0 aliphatic heterocycles. The molecule has 0 saturated heterocycles. The maximum Gasteiger partial charge on any atom is 0.305 e. The van der Waals surface area contributed by atoms with Gasteiger partial charge in [-0.1, -0.05) is 6.92 Å². The molecule has 0 aromatic carbocycles. The van der Waals surface area contributed by atoms with Gasteiger partial charge in [-0.05, 0) is 12.5 Å². The molecule has 14 heavy (non-hydrogen) atoms. The van der Waals surface area contributed by atoms with Crippen LogP contribution in [-0.4, -0.2) is 20.9 Å². The molecule has 0 saturated carbocycles. The lowest BCUT2D eigenvalue weighted by Crippen LogP contribution is -2.19. The van der Waals surface area contributed by atoms with E-state index in [4.69, 9.17) is 10.8 Å². The van der Waals surface area contributed by atoms with Gasteiger partial charge in [0.05, 0.1) is 18.2 Å². The van der Waals surface area contributed by atoms with Gasteiger partial charge >= 0.3 is 5.97 Å². The summed E-state index contributed by atoms with van der Waals surface area (Å²) in [7, 11) is 0. The Labute approximate surface area is 82.5 Å². The fraction of sp³-hybridized carbons (Fsp3) is 0.556. The third-order valence-electron chi connectivity index (χ3n) is 1.96. The molecule has 1 rings (SSSR count). The molecule has 0 aliphatic carbocycles. The molecular formula is C9H15N3O2. The van der Waals surface area contributed by atoms with E-state index in [2.05, 4.69) is 5.10 Å². The van der Waals surface area contributed by atoms with E-state index < -0.39 is 12.0 Å². The lowest BCUT2D eigenvalue weighted by atomic mass is 10.1. The first-order valence-electron chi connectivity index (χ1n) is 4.64. The summed E-state index contributed by atoms with van der Waals surface area (Å²) in [6.07, 6.45) is 2.54. The quantitative estimate of drug-likeness (QED) is 0.730. The van der Waals surface area contributed by atoms with Gasteiger partial charge in [0, 0.05) is 12.7 Å². The number of aromatic nitrogens is 2. The summed E-state index contributed by atoms with van der Waals surface area (Å²) >= 11 is 0. The number of hydrogen-bond acceptors (Lipinski definition) is 3. The van der Waals surface area contributed by atoms with E-state index in [0.717, 1.165) is 18.7 Å². The second kappa shape index (κ2) is 4.76. The minimum Gasteiger partial charge on any atom is -0.481 e. The van der Waals surface area contributed by atoms with E-state index in [1.807, 2.05) is 6.92 Å². The highest BCUT2D eigenvalue weighted by Crippen LogP contribution is 2.13. The molecule has 78 valence electrons. The zero-order valence-electron chi connectivity index (χ0n) is 8.18. The zero-order chi connectivity index (χ0) is 10.6. The molecule has 5 heteroatoms. The van der Waals surface area contributed by atoms with Crippen LogP contribution in [0.4, 0.5) is 0 Å². The third-order valence-corrected chi connectivity index (χ3v) is 1.96. The van der Waals surface area contributed by atoms with Crippen LogP contribution in [0.25, 0.3) is 0 Å². The van der Waals surface area contributed by atoms with E-state index in [-0.39, 0.29) is 6.42 Å². The normalized spacial score (nSPS) is 12.7. The van der Waals surface area contributed by atoms with E-state index in [1.54, 1.807) is 16.9 Å². The topological polar surface area (TPSA) is 81.1 Å². The highest BCUT2D eigenvalue weighted by molar-refractivity contribution is 5.67. The highest BCUT2D eigenvalue weighted by Gasteiger charge is 2.14. The van der Waals surface area contributed by atoms with Crippen molar-refractivity contribution in [1.82, 2.24) is 9.78 Å². The molecule has 0 aliphatic rings. The second-order valence-electron chi connectivity index (χ2n) is 3.18. The molecule has 1 aromatic rings. The Balaban J connectivity index is 2.72. The minimum absolute atomic E-state index is 0.0601. The largest absolute Gasteiger partial charge is 0.481 e. The number of carbonyl (C=O) groups is 1. The van der Waals surface area contributed by atoms with Gasteiger partial charge < -0.3 is 10.8 Å². The zero-order valence-corrected chi connectivity index (χ0v) is 8.18. The van der Waals surface area contributed by atoms with Crippen molar-refractivity contribution in [3.05, 3.63) is 18.0 Å². The fourth-order valence-corrected chi connectivity index (χ4v) is 1.35. The molecular weight excluding hydrogens is 182 g/mol. The maximum atomic E-state index is 10.5. The number of nitrogens with two attached hydrogens (primary N) is 1. The molecule has 1 aromatic heterocycles. The molecule has 3 N–H and O–H groups in total. The summed E-state index contributed by atoms with van der Waals surface area (Å²) < 4.78 is 1.76. The lowest BCUT2D eigenvalue weighted by molar-refractivity contribution is -0.137. The first-order valence-corrected chi connectivity index (χ1v) is 4.64. The van der Waals surface area contributed by atoms with Gasteiger partial charge in [-0.3, -0.25) is 9.48 Å². The monoisotopic (exact) mass is 197 g/mol. The fourth-order valence-electron chi connectivity index (χ4n) is 1.35. The number of carboxylic acids is 1. The molecule has 1 atom stereocenters. The lowest BCUT2D eigenvalue weighted by Gasteiger charge is -2.11. The molecule has 0 spiro atoms. The van der Waals surface area contributed by atoms with Crippen LogP contribution in [0.1, 0.15) is 31.5 Å². The molecule has 0 unspecified atom stereocenters. The van der Waals surface area contributed by atoms with E-state index in [9.17, 15) is 4.79 Å². The number of aliphatic carboxylic acids is 1. The minimum atomic E-state index is -0.887. The van der Waals surface area contributed by atoms with Crippen molar-refractivity contribution < 1.29 is 9.90 Å². The Hall–Kier alpha value is -1.36. The smallest absolute Gasteiger partial charge is 0.305 e. The molecule has 0 amide bonds. The van der Waals surface area contributed by atoms with Gasteiger partial charge in [0.25, 0.3) is 0 Å². The first kappa shape index (κ1) is 10.7. The van der Waals surface area contributed by atoms with Gasteiger partial charge in [-0.15, -0.1) is 0 Å². The van der Waals surface area contributed by atoms with Crippen molar-refractivity contribution in [3.8, 4) is 0 Å². The van der Waals surface area contributed by atoms with Crippen molar-refractivity contribution in [2.24, 2.45) is 5.73 Å². The Morgan fingerprint density at radius 2 is 2.50 bits per heavy atom. The van der Waals surface area contributed by atoms with Crippen LogP contribution in [0.5, 0.6) is 0 Å². The maximum absolute atomic E-state index is 10.5. The molecule has 5 nitrogen and oxygen atoms in total. The van der Waals surface area contributed by atoms with Crippen LogP contribution in [-0.2, 0) is 11.3 Å². The van der Waals surface area contributed by atoms with Gasteiger partial charge in [0.15, 0.2) is 0 Å². The summed E-state index contributed by atoms with van der Waals surface area (Å²) in [5.41, 5.74) is 6.52. The van der Waals surface area contributed by atoms with Crippen molar-refractivity contribution in [1.29, 1.82) is 0 Å².